The van der Waals surface area contributed by atoms with Gasteiger partial charge in [-0.1, -0.05) is 0 Å². The van der Waals surface area contributed by atoms with Crippen molar-refractivity contribution in [3.05, 3.63) is 0 Å². The molecule has 0 amide bonds. The van der Waals surface area contributed by atoms with E-state index in [0.29, 0.717) is 0 Å². The molecule has 47 valence electrons. The molecule has 0 bridgehead atoms. The van der Waals surface area contributed by atoms with Crippen LogP contribution in [0.3, 0.4) is 0 Å². The molecule has 0 saturated carbocycles. The standard InChI is InChI=1S/5FH.O.W/h5*1H;;/q;;;;;;+5/p-5. The van der Waals surface area contributed by atoms with Gasteiger partial charge in [-0.15, -0.1) is 0 Å². The molecule has 0 unspecified atom stereocenters. The fourth-order valence-electron chi connectivity index (χ4n) is 0. The van der Waals surface area contributed by atoms with E-state index in [1.807, 2.05) is 0 Å². The van der Waals surface area contributed by atoms with Crippen LogP contribution in [0.4, 0.5) is 15.8 Å². The van der Waals surface area contributed by atoms with Crippen molar-refractivity contribution in [2.75, 3.05) is 0 Å². The number of hydrogen-bond donors (Lipinski definition) is 0. The molecule has 1 nitrogen and oxygen atoms in total. The average molecular weight is 295 g/mol. The van der Waals surface area contributed by atoms with Crippen LogP contribution in [-0.4, -0.2) is 0 Å². The maximum absolute atomic E-state index is 11.1. The van der Waals surface area contributed by atoms with E-state index >= 15 is 0 Å². The molecule has 0 aliphatic heterocycles. The van der Waals surface area contributed by atoms with Crippen LogP contribution in [0.1, 0.15) is 0 Å². The zero-order valence-electron chi connectivity index (χ0n) is 2.71. The molecule has 0 heterocycles. The van der Waals surface area contributed by atoms with E-state index in [1.165, 1.54) is 0 Å². The molecule has 0 aromatic rings. The van der Waals surface area contributed by atoms with Crippen molar-refractivity contribution in [1.29, 1.82) is 0 Å². The minimum absolute atomic E-state index is 8.12. The van der Waals surface area contributed by atoms with Crippen molar-refractivity contribution in [3.63, 3.8) is 0 Å². The van der Waals surface area contributed by atoms with Gasteiger partial charge in [0, 0.05) is 0 Å². The molecule has 7 heavy (non-hydrogen) atoms. The summed E-state index contributed by atoms with van der Waals surface area (Å²) in [7, 11) is 0. The summed E-state index contributed by atoms with van der Waals surface area (Å²) in [4.78, 5) is 0. The zero-order valence-corrected chi connectivity index (χ0v) is 5.64. The third kappa shape index (κ3) is 5500. The summed E-state index contributed by atoms with van der Waals surface area (Å²) in [5.74, 6) is 0. The number of rotatable bonds is 0. The molecule has 0 atom stereocenters. The van der Waals surface area contributed by atoms with Crippen LogP contribution < -0.4 is 0 Å². The Morgan fingerprint density at radius 1 is 0.857 bits per heavy atom. The number of hydrogen-bond acceptors (Lipinski definition) is 1. The van der Waals surface area contributed by atoms with Gasteiger partial charge in [0.1, 0.15) is 0 Å². The van der Waals surface area contributed by atoms with Crippen LogP contribution in [0, 0.1) is 0 Å². The van der Waals surface area contributed by atoms with Crippen molar-refractivity contribution in [3.8, 4) is 0 Å². The van der Waals surface area contributed by atoms with Crippen LogP contribution >= 0.6 is 0 Å². The Hall–Kier alpha value is 0.138. The van der Waals surface area contributed by atoms with Crippen LogP contribution in [0.15, 0.2) is 0 Å². The fourth-order valence-corrected chi connectivity index (χ4v) is 0. The molecule has 0 aromatic carbocycles. The topological polar surface area (TPSA) is 17.1 Å². The van der Waals surface area contributed by atoms with Gasteiger partial charge >= 0.3 is 35.3 Å². The van der Waals surface area contributed by atoms with E-state index in [-0.39, 0.29) is 0 Å². The van der Waals surface area contributed by atoms with Gasteiger partial charge in [-0.25, -0.2) is 0 Å². The van der Waals surface area contributed by atoms with Gasteiger partial charge < -0.3 is 0 Å². The quantitative estimate of drug-likeness (QED) is 0.625. The van der Waals surface area contributed by atoms with Gasteiger partial charge in [-0.05, 0) is 0 Å². The molecule has 0 aromatic heterocycles. The first-order chi connectivity index (χ1) is 2.45. The summed E-state index contributed by atoms with van der Waals surface area (Å²) in [5, 5.41) is 0. The van der Waals surface area contributed by atoms with E-state index in [9.17, 15) is 15.8 Å². The molecule has 0 saturated heterocycles. The molecular weight excluding hydrogens is 295 g/mol. The van der Waals surface area contributed by atoms with Gasteiger partial charge in [0.2, 0.25) is 0 Å². The predicted molar refractivity (Wildman–Crippen MR) is 6.23 cm³/mol. The monoisotopic (exact) mass is 295 g/mol. The second kappa shape index (κ2) is 0.707. The molecule has 0 aliphatic carbocycles. The van der Waals surface area contributed by atoms with Gasteiger partial charge in [0.05, 0.1) is 0 Å². The van der Waals surface area contributed by atoms with Crippen LogP contribution in [0.25, 0.3) is 0 Å². The molecule has 7 heteroatoms. The predicted octanol–water partition coefficient (Wildman–Crippen LogP) is 1.98. The summed E-state index contributed by atoms with van der Waals surface area (Å²) < 4.78 is 58.3. The Kier molecular flexibility index (Phi) is 0.721. The Morgan fingerprint density at radius 3 is 0.857 bits per heavy atom. The van der Waals surface area contributed by atoms with Crippen molar-refractivity contribution < 1.29 is 35.3 Å². The SMILES string of the molecule is [O]=[W]([F])([F])([F])([F])[F]. The van der Waals surface area contributed by atoms with Crippen LogP contribution in [0.2, 0.25) is 0 Å². The Bertz CT molecular complexity index is 126. The third-order valence-corrected chi connectivity index (χ3v) is 0. The van der Waals surface area contributed by atoms with E-state index < -0.39 is 16.1 Å². The first-order valence-electron chi connectivity index (χ1n) is 0.938. The van der Waals surface area contributed by atoms with Crippen LogP contribution in [-0.2, 0) is 19.5 Å². The van der Waals surface area contributed by atoms with Gasteiger partial charge in [0.25, 0.3) is 0 Å². The molecule has 0 spiro atoms. The molecule has 0 radical (unpaired) electrons. The molecule has 0 N–H and O–H groups in total. The first kappa shape index (κ1) is 7.14. The summed E-state index contributed by atoms with van der Waals surface area (Å²) in [6.45, 7) is 0. The van der Waals surface area contributed by atoms with Crippen molar-refractivity contribution in [2.45, 2.75) is 0 Å². The van der Waals surface area contributed by atoms with E-state index in [4.69, 9.17) is 3.40 Å². The second-order valence-electron chi connectivity index (χ2n) is 0.898. The minimum atomic E-state index is -11.1. The van der Waals surface area contributed by atoms with Crippen molar-refractivity contribution in [2.24, 2.45) is 0 Å². The molecular formula is F5OW. The first-order valence-corrected chi connectivity index (χ1v) is 7.68. The van der Waals surface area contributed by atoms with Crippen molar-refractivity contribution in [1.82, 2.24) is 0 Å². The Morgan fingerprint density at radius 2 is 0.857 bits per heavy atom. The van der Waals surface area contributed by atoms with Gasteiger partial charge in [-0.3, -0.25) is 0 Å². The summed E-state index contributed by atoms with van der Waals surface area (Å²) in [6.07, 6.45) is 0. The number of halogens is 5. The maximum atomic E-state index is 10.0. The summed E-state index contributed by atoms with van der Waals surface area (Å²) in [6, 6.07) is 0. The van der Waals surface area contributed by atoms with E-state index in [2.05, 4.69) is 0 Å². The summed E-state index contributed by atoms with van der Waals surface area (Å²) >= 11 is -11.1. The summed E-state index contributed by atoms with van der Waals surface area (Å²) in [5.41, 5.74) is 0. The third-order valence-electron chi connectivity index (χ3n) is 0. The van der Waals surface area contributed by atoms with E-state index in [1.54, 1.807) is 0 Å². The molecule has 0 rings (SSSR count). The van der Waals surface area contributed by atoms with Gasteiger partial charge in [-0.2, -0.15) is 0 Å². The van der Waals surface area contributed by atoms with E-state index in [0.717, 1.165) is 0 Å². The Labute approximate surface area is 36.1 Å². The fraction of sp³-hybridized carbons (Fsp3) is 0. The van der Waals surface area contributed by atoms with Crippen LogP contribution in [0.5, 0.6) is 0 Å². The molecule has 0 fully saturated rings. The molecule has 0 aliphatic rings. The van der Waals surface area contributed by atoms with Gasteiger partial charge in [0.15, 0.2) is 0 Å². The normalized spacial score (nSPS) is 23.0. The Balaban J connectivity index is 4.85. The average Bonchev–Trinajstić information content (AvgIpc) is 0.592. The van der Waals surface area contributed by atoms with Crippen molar-refractivity contribution >= 4 is 0 Å². The zero-order chi connectivity index (χ0) is 6.41. The second-order valence-corrected chi connectivity index (χ2v) is 7.35.